The molecule has 0 spiro atoms. The Morgan fingerprint density at radius 1 is 1.31 bits per heavy atom. The van der Waals surface area contributed by atoms with Gasteiger partial charge in [0.15, 0.2) is 6.04 Å². The van der Waals surface area contributed by atoms with Crippen molar-refractivity contribution in [2.24, 2.45) is 4.99 Å². The van der Waals surface area contributed by atoms with Gasteiger partial charge in [-0.2, -0.15) is 0 Å². The third-order valence-electron chi connectivity index (χ3n) is 2.76. The molecule has 0 bridgehead atoms. The summed E-state index contributed by atoms with van der Waals surface area (Å²) in [6.07, 6.45) is 1.79. The van der Waals surface area contributed by atoms with E-state index in [2.05, 4.69) is 40.9 Å². The molecule has 0 fully saturated rings. The average molecular weight is 217 g/mol. The Hall–Kier alpha value is -1.64. The Morgan fingerprint density at radius 3 is 2.62 bits per heavy atom. The van der Waals surface area contributed by atoms with E-state index in [1.807, 2.05) is 0 Å². The van der Waals surface area contributed by atoms with Crippen LogP contribution in [0.25, 0.3) is 0 Å². The lowest BCUT2D eigenvalue weighted by Crippen LogP contribution is -2.14. The zero-order valence-corrected chi connectivity index (χ0v) is 9.56. The molecule has 84 valence electrons. The highest BCUT2D eigenvalue weighted by Gasteiger charge is 2.34. The summed E-state index contributed by atoms with van der Waals surface area (Å²) in [7, 11) is 1.40. The molecular weight excluding hydrogens is 202 g/mol. The second-order valence-electron chi connectivity index (χ2n) is 4.03. The Balaban J connectivity index is 1.79. The number of hydrogen-bond acceptors (Lipinski definition) is 3. The van der Waals surface area contributed by atoms with Crippen LogP contribution in [0.15, 0.2) is 29.3 Å². The number of hydrogen-bond donors (Lipinski definition) is 0. The minimum absolute atomic E-state index is 0.237. The van der Waals surface area contributed by atoms with Gasteiger partial charge >= 0.3 is 5.97 Å². The smallest absolute Gasteiger partial charge is 0.336 e. The molecule has 3 heteroatoms. The van der Waals surface area contributed by atoms with Gasteiger partial charge in [-0.1, -0.05) is 29.8 Å². The first-order valence-corrected chi connectivity index (χ1v) is 5.40. The standard InChI is InChI=1S/C13H15NO2/c1-9-3-5-10(6-4-9)7-8-11-12(14-11)13(15)16-2/h3-6,12H,7-8H2,1-2H3. The van der Waals surface area contributed by atoms with Gasteiger partial charge < -0.3 is 4.74 Å². The molecule has 0 radical (unpaired) electrons. The number of benzene rings is 1. The molecule has 1 atom stereocenters. The summed E-state index contributed by atoms with van der Waals surface area (Å²) in [5.41, 5.74) is 3.51. The Kier molecular flexibility index (Phi) is 3.04. The molecule has 0 aromatic heterocycles. The van der Waals surface area contributed by atoms with Gasteiger partial charge in [0.05, 0.1) is 12.8 Å². The van der Waals surface area contributed by atoms with E-state index in [9.17, 15) is 4.79 Å². The summed E-state index contributed by atoms with van der Waals surface area (Å²) in [4.78, 5) is 15.2. The molecule has 0 saturated carbocycles. The first-order chi connectivity index (χ1) is 7.70. The van der Waals surface area contributed by atoms with Gasteiger partial charge in [0.1, 0.15) is 0 Å². The molecule has 1 aromatic rings. The van der Waals surface area contributed by atoms with Crippen molar-refractivity contribution in [3.8, 4) is 0 Å². The maximum atomic E-state index is 11.1. The Morgan fingerprint density at radius 2 is 2.00 bits per heavy atom. The fourth-order valence-electron chi connectivity index (χ4n) is 1.66. The van der Waals surface area contributed by atoms with Gasteiger partial charge in [-0.15, -0.1) is 0 Å². The number of rotatable bonds is 4. The molecule has 3 nitrogen and oxygen atoms in total. The zero-order chi connectivity index (χ0) is 11.5. The fourth-order valence-corrected chi connectivity index (χ4v) is 1.66. The second kappa shape index (κ2) is 4.47. The minimum atomic E-state index is -0.282. The van der Waals surface area contributed by atoms with Crippen LogP contribution < -0.4 is 0 Å². The van der Waals surface area contributed by atoms with Crippen LogP contribution >= 0.6 is 0 Å². The largest absolute Gasteiger partial charge is 0.467 e. The number of methoxy groups -OCH3 is 1. The van der Waals surface area contributed by atoms with Gasteiger partial charge in [0.25, 0.3) is 0 Å². The second-order valence-corrected chi connectivity index (χ2v) is 4.03. The molecule has 1 unspecified atom stereocenters. The number of carbonyl (C=O) groups is 1. The predicted octanol–water partition coefficient (Wildman–Crippen LogP) is 1.92. The maximum Gasteiger partial charge on any atom is 0.336 e. The third kappa shape index (κ3) is 2.48. The number of esters is 1. The monoisotopic (exact) mass is 217 g/mol. The highest BCUT2D eigenvalue weighted by atomic mass is 16.5. The lowest BCUT2D eigenvalue weighted by Gasteiger charge is -1.99. The molecule has 1 aromatic carbocycles. The number of carbonyl (C=O) groups excluding carboxylic acids is 1. The van der Waals surface area contributed by atoms with Crippen molar-refractivity contribution in [2.45, 2.75) is 25.8 Å². The van der Waals surface area contributed by atoms with Gasteiger partial charge in [0.2, 0.25) is 0 Å². The van der Waals surface area contributed by atoms with Crippen LogP contribution in [0.4, 0.5) is 0 Å². The van der Waals surface area contributed by atoms with Crippen molar-refractivity contribution >= 4 is 11.7 Å². The van der Waals surface area contributed by atoms with E-state index in [1.165, 1.54) is 18.2 Å². The van der Waals surface area contributed by atoms with Crippen LogP contribution in [0.1, 0.15) is 17.5 Å². The first kappa shape index (κ1) is 10.9. The normalized spacial score (nSPS) is 17.9. The summed E-state index contributed by atoms with van der Waals surface area (Å²) in [6, 6.07) is 8.15. The van der Waals surface area contributed by atoms with E-state index >= 15 is 0 Å². The van der Waals surface area contributed by atoms with Crippen LogP contribution in [-0.4, -0.2) is 24.8 Å². The number of aryl methyl sites for hydroxylation is 2. The summed E-state index contributed by atoms with van der Waals surface area (Å²) in [5, 5.41) is 0. The summed E-state index contributed by atoms with van der Waals surface area (Å²) >= 11 is 0. The summed E-state index contributed by atoms with van der Waals surface area (Å²) < 4.78 is 4.62. The lowest BCUT2D eigenvalue weighted by atomic mass is 10.1. The van der Waals surface area contributed by atoms with Gasteiger partial charge in [-0.3, -0.25) is 4.99 Å². The van der Waals surface area contributed by atoms with Crippen LogP contribution in [-0.2, 0) is 16.0 Å². The molecule has 1 heterocycles. The van der Waals surface area contributed by atoms with Gasteiger partial charge in [-0.25, -0.2) is 4.79 Å². The highest BCUT2D eigenvalue weighted by molar-refractivity contribution is 6.16. The summed E-state index contributed by atoms with van der Waals surface area (Å²) in [5.74, 6) is -0.237. The maximum absolute atomic E-state index is 11.1. The third-order valence-corrected chi connectivity index (χ3v) is 2.76. The average Bonchev–Trinajstić information content (AvgIpc) is 3.07. The predicted molar refractivity (Wildman–Crippen MR) is 62.7 cm³/mol. The van der Waals surface area contributed by atoms with Crippen molar-refractivity contribution < 1.29 is 9.53 Å². The van der Waals surface area contributed by atoms with E-state index < -0.39 is 0 Å². The van der Waals surface area contributed by atoms with Gasteiger partial charge in [0, 0.05) is 0 Å². The molecule has 16 heavy (non-hydrogen) atoms. The molecule has 0 N–H and O–H groups in total. The molecule has 0 saturated heterocycles. The van der Waals surface area contributed by atoms with Crippen LogP contribution in [0.3, 0.4) is 0 Å². The quantitative estimate of drug-likeness (QED) is 0.723. The highest BCUT2D eigenvalue weighted by Crippen LogP contribution is 2.18. The van der Waals surface area contributed by atoms with E-state index in [1.54, 1.807) is 0 Å². The fraction of sp³-hybridized carbons (Fsp3) is 0.385. The number of aliphatic imine (C=N–C) groups is 1. The van der Waals surface area contributed by atoms with E-state index in [4.69, 9.17) is 0 Å². The first-order valence-electron chi connectivity index (χ1n) is 5.40. The van der Waals surface area contributed by atoms with Crippen molar-refractivity contribution in [1.82, 2.24) is 0 Å². The molecule has 2 rings (SSSR count). The van der Waals surface area contributed by atoms with E-state index in [0.717, 1.165) is 18.6 Å². The number of nitrogens with zero attached hydrogens (tertiary/aromatic N) is 1. The van der Waals surface area contributed by atoms with Crippen molar-refractivity contribution in [1.29, 1.82) is 0 Å². The Bertz CT molecular complexity index is 420. The van der Waals surface area contributed by atoms with E-state index in [0.29, 0.717) is 0 Å². The van der Waals surface area contributed by atoms with Crippen LogP contribution in [0.5, 0.6) is 0 Å². The van der Waals surface area contributed by atoms with Crippen molar-refractivity contribution in [2.75, 3.05) is 7.11 Å². The molecule has 0 amide bonds. The molecular formula is C13H15NO2. The van der Waals surface area contributed by atoms with Crippen molar-refractivity contribution in [3.05, 3.63) is 35.4 Å². The lowest BCUT2D eigenvalue weighted by molar-refractivity contribution is -0.139. The molecule has 1 aliphatic heterocycles. The summed E-state index contributed by atoms with van der Waals surface area (Å²) in [6.45, 7) is 2.07. The van der Waals surface area contributed by atoms with Crippen molar-refractivity contribution in [3.63, 3.8) is 0 Å². The zero-order valence-electron chi connectivity index (χ0n) is 9.56. The van der Waals surface area contributed by atoms with Crippen LogP contribution in [0, 0.1) is 6.92 Å². The molecule has 1 aliphatic rings. The van der Waals surface area contributed by atoms with Crippen LogP contribution in [0.2, 0.25) is 0 Å². The van der Waals surface area contributed by atoms with Gasteiger partial charge in [-0.05, 0) is 25.3 Å². The topological polar surface area (TPSA) is 38.7 Å². The Labute approximate surface area is 95.2 Å². The molecule has 0 aliphatic carbocycles. The van der Waals surface area contributed by atoms with E-state index in [-0.39, 0.29) is 12.0 Å². The SMILES string of the molecule is COC(=O)C1N=C1CCc1ccc(C)cc1. The number of ether oxygens (including phenoxy) is 1. The minimum Gasteiger partial charge on any atom is -0.467 e.